The van der Waals surface area contributed by atoms with Crippen molar-refractivity contribution < 1.29 is 4.74 Å². The Bertz CT molecular complexity index is 1340. The smallest absolute Gasteiger partial charge is 0.147 e. The van der Waals surface area contributed by atoms with E-state index >= 15 is 0 Å². The van der Waals surface area contributed by atoms with E-state index in [4.69, 9.17) is 4.74 Å². The molecular weight excluding hydrogens is 404 g/mol. The third-order valence-electron chi connectivity index (χ3n) is 8.12. The standard InChI is InChI=1S/C30H26OSi/c1-31-27-19-7-3-8-20(27)16-22-10-5-12-24-18-26-14-6-13-25-17-23-11-4-9-21(15-19)28(23)32(2,29(22)24)30(25)26/h3-14H,15-18H2,1-2H3. The van der Waals surface area contributed by atoms with Gasteiger partial charge in [-0.1, -0.05) is 79.3 Å². The topological polar surface area (TPSA) is 9.23 Å². The summed E-state index contributed by atoms with van der Waals surface area (Å²) < 4.78 is 6.01. The van der Waals surface area contributed by atoms with Crippen LogP contribution in [0.25, 0.3) is 0 Å². The van der Waals surface area contributed by atoms with Gasteiger partial charge in [0.05, 0.1) is 7.11 Å². The van der Waals surface area contributed by atoms with Gasteiger partial charge in [-0.2, -0.15) is 0 Å². The summed E-state index contributed by atoms with van der Waals surface area (Å²) in [4.78, 5) is 0. The van der Waals surface area contributed by atoms with E-state index in [9.17, 15) is 0 Å². The molecule has 2 bridgehead atoms. The predicted molar refractivity (Wildman–Crippen MR) is 134 cm³/mol. The van der Waals surface area contributed by atoms with E-state index in [2.05, 4.69) is 79.3 Å². The second kappa shape index (κ2) is 6.46. The van der Waals surface area contributed by atoms with Crippen molar-refractivity contribution in [1.82, 2.24) is 0 Å². The lowest BCUT2D eigenvalue weighted by Crippen LogP contribution is -2.73. The van der Waals surface area contributed by atoms with Gasteiger partial charge in [0.15, 0.2) is 0 Å². The molecule has 0 aromatic heterocycles. The SMILES string of the molecule is COc1c2cccc1Cc1cccc3c1[Si]1(C)c4c(cccc4Cc4cccc(c41)C3)C2. The van der Waals surface area contributed by atoms with Crippen LogP contribution in [0.15, 0.2) is 72.8 Å². The zero-order valence-electron chi connectivity index (χ0n) is 18.7. The van der Waals surface area contributed by atoms with E-state index in [1.807, 2.05) is 7.11 Å². The van der Waals surface area contributed by atoms with Crippen LogP contribution in [0.5, 0.6) is 5.75 Å². The highest BCUT2D eigenvalue weighted by Gasteiger charge is 2.47. The van der Waals surface area contributed by atoms with Crippen LogP contribution < -0.4 is 20.3 Å². The molecule has 3 aliphatic heterocycles. The van der Waals surface area contributed by atoms with E-state index in [0.29, 0.717) is 0 Å². The number of methoxy groups -OCH3 is 1. The van der Waals surface area contributed by atoms with Crippen molar-refractivity contribution in [2.24, 2.45) is 0 Å². The van der Waals surface area contributed by atoms with Crippen LogP contribution in [-0.4, -0.2) is 15.2 Å². The third kappa shape index (κ3) is 2.28. The lowest BCUT2D eigenvalue weighted by Gasteiger charge is -2.45. The van der Waals surface area contributed by atoms with Crippen LogP contribution in [0.4, 0.5) is 0 Å². The van der Waals surface area contributed by atoms with Crippen molar-refractivity contribution in [3.8, 4) is 5.75 Å². The van der Waals surface area contributed by atoms with Gasteiger partial charge in [0.2, 0.25) is 0 Å². The van der Waals surface area contributed by atoms with Gasteiger partial charge in [-0.15, -0.1) is 0 Å². The van der Waals surface area contributed by atoms with Crippen LogP contribution in [0, 0.1) is 0 Å². The van der Waals surface area contributed by atoms with E-state index in [1.54, 1.807) is 37.8 Å². The summed E-state index contributed by atoms with van der Waals surface area (Å²) in [7, 11) is -0.309. The number of benzene rings is 4. The zero-order chi connectivity index (χ0) is 21.4. The average Bonchev–Trinajstić information content (AvgIpc) is 2.79. The predicted octanol–water partition coefficient (Wildman–Crippen LogP) is 4.10. The molecule has 3 heterocycles. The molecule has 7 rings (SSSR count). The van der Waals surface area contributed by atoms with Gasteiger partial charge in [-0.25, -0.2) is 0 Å². The van der Waals surface area contributed by atoms with Crippen molar-refractivity contribution in [1.29, 1.82) is 0 Å². The minimum absolute atomic E-state index is 0.942. The zero-order valence-corrected chi connectivity index (χ0v) is 19.7. The molecule has 4 aromatic rings. The molecule has 0 atom stereocenters. The van der Waals surface area contributed by atoms with Crippen molar-refractivity contribution in [2.75, 3.05) is 7.11 Å². The Morgan fingerprint density at radius 1 is 0.500 bits per heavy atom. The molecule has 0 fully saturated rings. The lowest BCUT2D eigenvalue weighted by atomic mass is 9.91. The normalized spacial score (nSPS) is 16.2. The molecule has 0 spiro atoms. The fraction of sp³-hybridized carbons (Fsp3) is 0.200. The Hall–Kier alpha value is -3.10. The van der Waals surface area contributed by atoms with Crippen molar-refractivity contribution >= 4 is 23.6 Å². The number of fused-ring (bicyclic) bond motifs is 2. The molecule has 0 amide bonds. The maximum Gasteiger partial charge on any atom is 0.147 e. The van der Waals surface area contributed by atoms with Crippen LogP contribution in [-0.2, 0) is 25.7 Å². The Balaban J connectivity index is 1.66. The monoisotopic (exact) mass is 430 g/mol. The first-order valence-electron chi connectivity index (χ1n) is 11.7. The van der Waals surface area contributed by atoms with Crippen LogP contribution in [0.1, 0.15) is 44.5 Å². The average molecular weight is 431 g/mol. The molecule has 156 valence electrons. The van der Waals surface area contributed by atoms with Crippen LogP contribution in [0.3, 0.4) is 0 Å². The summed E-state index contributed by atoms with van der Waals surface area (Å²) >= 11 is 0. The quantitative estimate of drug-likeness (QED) is 0.364. The summed E-state index contributed by atoms with van der Waals surface area (Å²) in [6.07, 6.45) is 4.00. The fourth-order valence-corrected chi connectivity index (χ4v) is 12.8. The Kier molecular flexibility index (Phi) is 3.73. The van der Waals surface area contributed by atoms with Gasteiger partial charge in [-0.3, -0.25) is 0 Å². The lowest BCUT2D eigenvalue weighted by molar-refractivity contribution is 0.406. The summed E-state index contributed by atoms with van der Waals surface area (Å²) in [6.45, 7) is 2.64. The van der Waals surface area contributed by atoms with Crippen molar-refractivity contribution in [3.63, 3.8) is 0 Å². The number of hydrogen-bond acceptors (Lipinski definition) is 1. The summed E-state index contributed by atoms with van der Waals surface area (Å²) in [5.41, 5.74) is 11.8. The molecule has 2 heteroatoms. The Morgan fingerprint density at radius 2 is 0.781 bits per heavy atom. The van der Waals surface area contributed by atoms with E-state index < -0.39 is 8.07 Å². The molecule has 1 nitrogen and oxygen atoms in total. The Labute approximate surface area is 190 Å². The first-order valence-corrected chi connectivity index (χ1v) is 14.2. The maximum absolute atomic E-state index is 6.01. The molecular formula is C30H26OSi. The van der Waals surface area contributed by atoms with Crippen molar-refractivity contribution in [3.05, 3.63) is 117 Å². The second-order valence-electron chi connectivity index (χ2n) is 9.80. The van der Waals surface area contributed by atoms with E-state index in [-0.39, 0.29) is 0 Å². The van der Waals surface area contributed by atoms with Crippen molar-refractivity contribution in [2.45, 2.75) is 32.2 Å². The molecule has 3 aliphatic rings. The van der Waals surface area contributed by atoms with E-state index in [1.165, 1.54) is 22.3 Å². The van der Waals surface area contributed by atoms with Gasteiger partial charge >= 0.3 is 0 Å². The molecule has 0 saturated heterocycles. The minimum Gasteiger partial charge on any atom is -0.496 e. The van der Waals surface area contributed by atoms with Gasteiger partial charge in [-0.05, 0) is 72.9 Å². The second-order valence-corrected chi connectivity index (χ2v) is 13.5. The van der Waals surface area contributed by atoms with Gasteiger partial charge in [0.1, 0.15) is 13.8 Å². The number of hydrogen-bond donors (Lipinski definition) is 0. The van der Waals surface area contributed by atoms with Crippen LogP contribution in [0.2, 0.25) is 6.55 Å². The first kappa shape index (κ1) is 18.5. The maximum atomic E-state index is 6.01. The highest BCUT2D eigenvalue weighted by molar-refractivity contribution is 7.12. The molecule has 0 N–H and O–H groups in total. The minimum atomic E-state index is -2.14. The summed E-state index contributed by atoms with van der Waals surface area (Å²) in [5, 5.41) is 5.04. The third-order valence-corrected chi connectivity index (χ3v) is 13.0. The van der Waals surface area contributed by atoms with Gasteiger partial charge in [0, 0.05) is 12.8 Å². The molecule has 0 saturated carbocycles. The first-order chi connectivity index (χ1) is 15.7. The van der Waals surface area contributed by atoms with Gasteiger partial charge in [0.25, 0.3) is 0 Å². The highest BCUT2D eigenvalue weighted by Crippen LogP contribution is 2.35. The summed E-state index contributed by atoms with van der Waals surface area (Å²) in [6, 6.07) is 27.9. The Morgan fingerprint density at radius 3 is 1.09 bits per heavy atom. The number of para-hydroxylation sites is 1. The largest absolute Gasteiger partial charge is 0.496 e. The number of rotatable bonds is 1. The molecule has 0 unspecified atom stereocenters. The molecule has 0 aliphatic carbocycles. The summed E-state index contributed by atoms with van der Waals surface area (Å²) in [5.74, 6) is 1.07. The highest BCUT2D eigenvalue weighted by atomic mass is 28.3. The van der Waals surface area contributed by atoms with Gasteiger partial charge < -0.3 is 4.74 Å². The molecule has 0 radical (unpaired) electrons. The molecule has 4 aromatic carbocycles. The van der Waals surface area contributed by atoms with Crippen LogP contribution >= 0.6 is 0 Å². The fourth-order valence-electron chi connectivity index (χ4n) is 7.14. The number of ether oxygens (including phenoxy) is 1. The molecule has 32 heavy (non-hydrogen) atoms. The van der Waals surface area contributed by atoms with E-state index in [0.717, 1.165) is 31.4 Å².